The van der Waals surface area contributed by atoms with Crippen LogP contribution in [-0.2, 0) is 12.4 Å². The lowest BCUT2D eigenvalue weighted by Crippen LogP contribution is -1.87. The zero-order valence-corrected chi connectivity index (χ0v) is 10.4. The van der Waals surface area contributed by atoms with Gasteiger partial charge in [-0.3, -0.25) is 0 Å². The third kappa shape index (κ3) is 3.55. The van der Waals surface area contributed by atoms with Gasteiger partial charge in [-0.1, -0.05) is 12.1 Å². The number of thioether (sulfide) groups is 1. The Morgan fingerprint density at radius 3 is 2.33 bits per heavy atom. The van der Waals surface area contributed by atoms with Gasteiger partial charge in [0, 0.05) is 16.7 Å². The van der Waals surface area contributed by atoms with Crippen molar-refractivity contribution in [2.75, 3.05) is 0 Å². The van der Waals surface area contributed by atoms with Crippen LogP contribution in [0, 0.1) is 11.6 Å². The van der Waals surface area contributed by atoms with Crippen molar-refractivity contribution in [3.8, 4) is 0 Å². The van der Waals surface area contributed by atoms with Gasteiger partial charge in [-0.05, 0) is 35.4 Å². The van der Waals surface area contributed by atoms with Gasteiger partial charge in [0.15, 0.2) is 0 Å². The van der Waals surface area contributed by atoms with E-state index >= 15 is 0 Å². The number of benzene rings is 2. The molecule has 1 N–H and O–H groups in total. The molecule has 2 rings (SSSR count). The summed E-state index contributed by atoms with van der Waals surface area (Å²) in [6.07, 6.45) is 0. The van der Waals surface area contributed by atoms with Gasteiger partial charge in [-0.25, -0.2) is 8.78 Å². The van der Waals surface area contributed by atoms with Crippen LogP contribution in [0.3, 0.4) is 0 Å². The normalized spacial score (nSPS) is 10.6. The predicted molar refractivity (Wildman–Crippen MR) is 68.3 cm³/mol. The molecule has 0 saturated carbocycles. The Kier molecular flexibility index (Phi) is 4.33. The van der Waals surface area contributed by atoms with Crippen LogP contribution < -0.4 is 0 Å². The molecule has 0 spiro atoms. The molecule has 0 unspecified atom stereocenters. The maximum Gasteiger partial charge on any atom is 0.126 e. The molecule has 0 radical (unpaired) electrons. The molecule has 0 aromatic heterocycles. The smallest absolute Gasteiger partial charge is 0.126 e. The summed E-state index contributed by atoms with van der Waals surface area (Å²) in [6.45, 7) is -0.0109. The SMILES string of the molecule is OCc1cccc(SCc2cc(F)cc(F)c2)c1. The minimum absolute atomic E-state index is 0.0109. The van der Waals surface area contributed by atoms with Gasteiger partial charge in [-0.2, -0.15) is 0 Å². The zero-order chi connectivity index (χ0) is 13.0. The van der Waals surface area contributed by atoms with Gasteiger partial charge < -0.3 is 5.11 Å². The van der Waals surface area contributed by atoms with Crippen LogP contribution in [0.1, 0.15) is 11.1 Å². The largest absolute Gasteiger partial charge is 0.392 e. The highest BCUT2D eigenvalue weighted by atomic mass is 32.2. The van der Waals surface area contributed by atoms with Crippen LogP contribution in [0.15, 0.2) is 47.4 Å². The molecule has 0 saturated heterocycles. The average molecular weight is 266 g/mol. The maximum absolute atomic E-state index is 13.0. The summed E-state index contributed by atoms with van der Waals surface area (Å²) in [6, 6.07) is 10.9. The highest BCUT2D eigenvalue weighted by molar-refractivity contribution is 7.98. The number of aliphatic hydroxyl groups is 1. The molecule has 94 valence electrons. The molecule has 18 heavy (non-hydrogen) atoms. The second-order valence-corrected chi connectivity index (χ2v) is 4.92. The summed E-state index contributed by atoms with van der Waals surface area (Å²) in [5.41, 5.74) is 1.43. The maximum atomic E-state index is 13.0. The van der Waals surface area contributed by atoms with E-state index in [2.05, 4.69) is 0 Å². The van der Waals surface area contributed by atoms with Crippen LogP contribution in [0.4, 0.5) is 8.78 Å². The number of rotatable bonds is 4. The lowest BCUT2D eigenvalue weighted by molar-refractivity contribution is 0.281. The van der Waals surface area contributed by atoms with Crippen molar-refractivity contribution in [1.29, 1.82) is 0 Å². The lowest BCUT2D eigenvalue weighted by Gasteiger charge is -2.04. The Morgan fingerprint density at radius 1 is 0.944 bits per heavy atom. The molecule has 0 aliphatic rings. The minimum atomic E-state index is -0.560. The Bertz CT molecular complexity index is 523. The van der Waals surface area contributed by atoms with Crippen molar-refractivity contribution >= 4 is 11.8 Å². The number of hydrogen-bond donors (Lipinski definition) is 1. The van der Waals surface area contributed by atoms with Crippen LogP contribution >= 0.6 is 11.8 Å². The van der Waals surface area contributed by atoms with E-state index in [1.807, 2.05) is 24.3 Å². The Labute approximate surface area is 108 Å². The summed E-state index contributed by atoms with van der Waals surface area (Å²) in [7, 11) is 0. The molecule has 0 aliphatic heterocycles. The summed E-state index contributed by atoms with van der Waals surface area (Å²) >= 11 is 1.48. The van der Waals surface area contributed by atoms with E-state index in [1.54, 1.807) is 0 Å². The predicted octanol–water partition coefficient (Wildman–Crippen LogP) is 3.75. The van der Waals surface area contributed by atoms with Crippen LogP contribution in [0.25, 0.3) is 0 Å². The van der Waals surface area contributed by atoms with Gasteiger partial charge >= 0.3 is 0 Å². The Hall–Kier alpha value is -1.39. The first-order valence-electron chi connectivity index (χ1n) is 5.45. The molecule has 0 aliphatic carbocycles. The first-order chi connectivity index (χ1) is 8.67. The van der Waals surface area contributed by atoms with E-state index < -0.39 is 11.6 Å². The highest BCUT2D eigenvalue weighted by Crippen LogP contribution is 2.24. The topological polar surface area (TPSA) is 20.2 Å². The Balaban J connectivity index is 2.06. The van der Waals surface area contributed by atoms with E-state index in [9.17, 15) is 8.78 Å². The molecule has 0 fully saturated rings. The van der Waals surface area contributed by atoms with Crippen molar-refractivity contribution < 1.29 is 13.9 Å². The molecule has 2 aromatic carbocycles. The second kappa shape index (κ2) is 5.98. The van der Waals surface area contributed by atoms with E-state index in [4.69, 9.17) is 5.11 Å². The summed E-state index contributed by atoms with van der Waals surface area (Å²) in [5, 5.41) is 9.01. The van der Waals surface area contributed by atoms with Crippen molar-refractivity contribution in [3.05, 3.63) is 65.2 Å². The number of halogens is 2. The molecular weight excluding hydrogens is 254 g/mol. The average Bonchev–Trinajstić information content (AvgIpc) is 2.35. The van der Waals surface area contributed by atoms with Gasteiger partial charge in [-0.15, -0.1) is 11.8 Å². The number of aliphatic hydroxyl groups excluding tert-OH is 1. The van der Waals surface area contributed by atoms with Gasteiger partial charge in [0.05, 0.1) is 6.61 Å². The molecular formula is C14H12F2OS. The van der Waals surface area contributed by atoms with Crippen LogP contribution in [0.5, 0.6) is 0 Å². The Morgan fingerprint density at radius 2 is 1.67 bits per heavy atom. The zero-order valence-electron chi connectivity index (χ0n) is 9.57. The van der Waals surface area contributed by atoms with Gasteiger partial charge in [0.2, 0.25) is 0 Å². The third-order valence-electron chi connectivity index (χ3n) is 2.41. The van der Waals surface area contributed by atoms with Gasteiger partial charge in [0.25, 0.3) is 0 Å². The first kappa shape index (κ1) is 13.1. The van der Waals surface area contributed by atoms with E-state index in [0.29, 0.717) is 11.3 Å². The fourth-order valence-corrected chi connectivity index (χ4v) is 2.50. The summed E-state index contributed by atoms with van der Waals surface area (Å²) in [5.74, 6) is -0.631. The fourth-order valence-electron chi connectivity index (χ4n) is 1.59. The molecule has 2 aromatic rings. The van der Waals surface area contributed by atoms with Crippen molar-refractivity contribution in [3.63, 3.8) is 0 Å². The lowest BCUT2D eigenvalue weighted by atomic mass is 10.2. The van der Waals surface area contributed by atoms with Gasteiger partial charge in [0.1, 0.15) is 11.6 Å². The molecule has 0 bridgehead atoms. The fraction of sp³-hybridized carbons (Fsp3) is 0.143. The third-order valence-corrected chi connectivity index (χ3v) is 3.47. The molecule has 0 atom stereocenters. The molecule has 0 heterocycles. The minimum Gasteiger partial charge on any atom is -0.392 e. The standard InChI is InChI=1S/C14H12F2OS/c15-12-4-11(5-13(16)7-12)9-18-14-3-1-2-10(6-14)8-17/h1-7,17H,8-9H2. The van der Waals surface area contributed by atoms with Crippen LogP contribution in [-0.4, -0.2) is 5.11 Å². The van der Waals surface area contributed by atoms with E-state index in [1.165, 1.54) is 23.9 Å². The van der Waals surface area contributed by atoms with Crippen molar-refractivity contribution in [1.82, 2.24) is 0 Å². The summed E-state index contributed by atoms with van der Waals surface area (Å²) in [4.78, 5) is 0.964. The monoisotopic (exact) mass is 266 g/mol. The highest BCUT2D eigenvalue weighted by Gasteiger charge is 2.02. The first-order valence-corrected chi connectivity index (χ1v) is 6.43. The van der Waals surface area contributed by atoms with Crippen molar-refractivity contribution in [2.24, 2.45) is 0 Å². The number of hydrogen-bond acceptors (Lipinski definition) is 2. The van der Waals surface area contributed by atoms with E-state index in [0.717, 1.165) is 16.5 Å². The molecule has 0 amide bonds. The quantitative estimate of drug-likeness (QED) is 0.850. The molecule has 4 heteroatoms. The van der Waals surface area contributed by atoms with Crippen molar-refractivity contribution in [2.45, 2.75) is 17.3 Å². The van der Waals surface area contributed by atoms with E-state index in [-0.39, 0.29) is 6.61 Å². The summed E-state index contributed by atoms with van der Waals surface area (Å²) < 4.78 is 26.0. The van der Waals surface area contributed by atoms with Crippen LogP contribution in [0.2, 0.25) is 0 Å². The molecule has 1 nitrogen and oxygen atoms in total. The second-order valence-electron chi connectivity index (χ2n) is 3.87.